The van der Waals surface area contributed by atoms with Crippen LogP contribution >= 0.6 is 11.6 Å². The molecule has 1 rings (SSSR count). The summed E-state index contributed by atoms with van der Waals surface area (Å²) in [6.45, 7) is 6.04. The molecule has 0 N–H and O–H groups in total. The fraction of sp³-hybridized carbons (Fsp3) is 0.462. The zero-order valence-corrected chi connectivity index (χ0v) is 10.3. The van der Waals surface area contributed by atoms with Gasteiger partial charge in [-0.05, 0) is 37.5 Å². The SMILES string of the molecule is CCC(CC)C(=O)c1ccc(C)cc1Cl. The van der Waals surface area contributed by atoms with Crippen LogP contribution < -0.4 is 0 Å². The number of Topliss-reactive ketones (excluding diaryl/α,β-unsaturated/α-hetero) is 1. The second-order valence-electron chi connectivity index (χ2n) is 3.86. The van der Waals surface area contributed by atoms with Gasteiger partial charge in [0.2, 0.25) is 0 Å². The van der Waals surface area contributed by atoms with Crippen molar-refractivity contribution in [2.45, 2.75) is 33.6 Å². The second kappa shape index (κ2) is 5.32. The molecule has 82 valence electrons. The van der Waals surface area contributed by atoms with Crippen LogP contribution in [0, 0.1) is 12.8 Å². The third-order valence-corrected chi connectivity index (χ3v) is 3.06. The third kappa shape index (κ3) is 2.82. The minimum Gasteiger partial charge on any atom is -0.294 e. The van der Waals surface area contributed by atoms with Crippen LogP contribution in [0.4, 0.5) is 0 Å². The maximum atomic E-state index is 12.1. The first-order valence-electron chi connectivity index (χ1n) is 5.40. The Morgan fingerprint density at radius 3 is 2.40 bits per heavy atom. The average molecular weight is 225 g/mol. The Bertz CT molecular complexity index is 354. The van der Waals surface area contributed by atoms with E-state index in [1.165, 1.54) is 0 Å². The number of aryl methyl sites for hydroxylation is 1. The predicted octanol–water partition coefficient (Wildman–Crippen LogP) is 4.27. The highest BCUT2D eigenvalue weighted by atomic mass is 35.5. The molecular formula is C13H17ClO. The maximum Gasteiger partial charge on any atom is 0.167 e. The molecule has 0 saturated heterocycles. The molecule has 0 amide bonds. The molecule has 0 aliphatic rings. The average Bonchev–Trinajstić information content (AvgIpc) is 2.19. The second-order valence-corrected chi connectivity index (χ2v) is 4.27. The minimum atomic E-state index is 0.102. The third-order valence-electron chi connectivity index (χ3n) is 2.75. The summed E-state index contributed by atoms with van der Waals surface area (Å²) in [7, 11) is 0. The van der Waals surface area contributed by atoms with Crippen molar-refractivity contribution in [3.8, 4) is 0 Å². The lowest BCUT2D eigenvalue weighted by Gasteiger charge is -2.12. The van der Waals surface area contributed by atoms with Crippen LogP contribution in [0.3, 0.4) is 0 Å². The first kappa shape index (κ1) is 12.3. The van der Waals surface area contributed by atoms with Gasteiger partial charge in [0.25, 0.3) is 0 Å². The van der Waals surface area contributed by atoms with Gasteiger partial charge in [0.1, 0.15) is 0 Å². The first-order valence-corrected chi connectivity index (χ1v) is 5.78. The molecule has 1 aromatic carbocycles. The number of carbonyl (C=O) groups is 1. The summed E-state index contributed by atoms with van der Waals surface area (Å²) in [6.07, 6.45) is 1.75. The van der Waals surface area contributed by atoms with E-state index in [9.17, 15) is 4.79 Å². The molecule has 0 fully saturated rings. The fourth-order valence-corrected chi connectivity index (χ4v) is 2.03. The van der Waals surface area contributed by atoms with Crippen molar-refractivity contribution in [2.24, 2.45) is 5.92 Å². The Balaban J connectivity index is 3.00. The summed E-state index contributed by atoms with van der Waals surface area (Å²) >= 11 is 6.06. The van der Waals surface area contributed by atoms with E-state index in [-0.39, 0.29) is 11.7 Å². The Hall–Kier alpha value is -0.820. The topological polar surface area (TPSA) is 17.1 Å². The lowest BCUT2D eigenvalue weighted by atomic mass is 9.92. The van der Waals surface area contributed by atoms with Crippen LogP contribution in [0.25, 0.3) is 0 Å². The molecular weight excluding hydrogens is 208 g/mol. The summed E-state index contributed by atoms with van der Waals surface area (Å²) in [5.74, 6) is 0.273. The number of carbonyl (C=O) groups excluding carboxylic acids is 1. The Morgan fingerprint density at radius 2 is 1.93 bits per heavy atom. The van der Waals surface area contributed by atoms with Crippen LogP contribution in [-0.2, 0) is 0 Å². The van der Waals surface area contributed by atoms with E-state index in [1.807, 2.05) is 39.0 Å². The molecule has 0 heterocycles. The van der Waals surface area contributed by atoms with Crippen molar-refractivity contribution >= 4 is 17.4 Å². The Kier molecular flexibility index (Phi) is 4.34. The molecule has 0 spiro atoms. The van der Waals surface area contributed by atoms with Gasteiger partial charge in [0, 0.05) is 11.5 Å². The zero-order valence-electron chi connectivity index (χ0n) is 9.51. The van der Waals surface area contributed by atoms with Gasteiger partial charge in [-0.15, -0.1) is 0 Å². The first-order chi connectivity index (χ1) is 7.10. The van der Waals surface area contributed by atoms with Gasteiger partial charge >= 0.3 is 0 Å². The predicted molar refractivity (Wildman–Crippen MR) is 64.6 cm³/mol. The molecule has 0 radical (unpaired) electrons. The van der Waals surface area contributed by atoms with Crippen molar-refractivity contribution in [2.75, 3.05) is 0 Å². The molecule has 0 atom stereocenters. The number of hydrogen-bond donors (Lipinski definition) is 0. The van der Waals surface area contributed by atoms with Crippen molar-refractivity contribution < 1.29 is 4.79 Å². The number of ketones is 1. The number of hydrogen-bond acceptors (Lipinski definition) is 1. The van der Waals surface area contributed by atoms with E-state index in [0.717, 1.165) is 18.4 Å². The zero-order chi connectivity index (χ0) is 11.4. The highest BCUT2D eigenvalue weighted by Gasteiger charge is 2.18. The van der Waals surface area contributed by atoms with Crippen LogP contribution in [0.2, 0.25) is 5.02 Å². The van der Waals surface area contributed by atoms with Crippen LogP contribution in [0.1, 0.15) is 42.6 Å². The normalized spacial score (nSPS) is 10.7. The molecule has 2 heteroatoms. The highest BCUT2D eigenvalue weighted by molar-refractivity contribution is 6.34. The van der Waals surface area contributed by atoms with E-state index in [1.54, 1.807) is 0 Å². The number of benzene rings is 1. The minimum absolute atomic E-state index is 0.102. The van der Waals surface area contributed by atoms with Crippen molar-refractivity contribution in [3.63, 3.8) is 0 Å². The van der Waals surface area contributed by atoms with Gasteiger partial charge in [-0.1, -0.05) is 31.5 Å². The summed E-state index contributed by atoms with van der Waals surface area (Å²) in [4.78, 5) is 12.1. The van der Waals surface area contributed by atoms with Gasteiger partial charge in [0.15, 0.2) is 5.78 Å². The Labute approximate surface area is 96.5 Å². The summed E-state index contributed by atoms with van der Waals surface area (Å²) in [5, 5.41) is 0.576. The van der Waals surface area contributed by atoms with Crippen molar-refractivity contribution in [1.82, 2.24) is 0 Å². The van der Waals surface area contributed by atoms with Crippen LogP contribution in [0.15, 0.2) is 18.2 Å². The molecule has 1 aromatic rings. The monoisotopic (exact) mass is 224 g/mol. The molecule has 0 bridgehead atoms. The summed E-state index contributed by atoms with van der Waals surface area (Å²) < 4.78 is 0. The van der Waals surface area contributed by atoms with Crippen molar-refractivity contribution in [3.05, 3.63) is 34.3 Å². The quantitative estimate of drug-likeness (QED) is 0.699. The molecule has 0 aliphatic carbocycles. The van der Waals surface area contributed by atoms with Crippen LogP contribution in [0.5, 0.6) is 0 Å². The lowest BCUT2D eigenvalue weighted by molar-refractivity contribution is 0.0913. The number of halogens is 1. The molecule has 0 aromatic heterocycles. The maximum absolute atomic E-state index is 12.1. The molecule has 0 aliphatic heterocycles. The molecule has 0 saturated carbocycles. The Morgan fingerprint density at radius 1 is 1.33 bits per heavy atom. The standard InChI is InChI=1S/C13H17ClO/c1-4-10(5-2)13(15)11-7-6-9(3)8-12(11)14/h6-8,10H,4-5H2,1-3H3. The van der Waals surface area contributed by atoms with Gasteiger partial charge in [-0.3, -0.25) is 4.79 Å². The van der Waals surface area contributed by atoms with Gasteiger partial charge in [-0.2, -0.15) is 0 Å². The molecule has 1 nitrogen and oxygen atoms in total. The van der Waals surface area contributed by atoms with Crippen molar-refractivity contribution in [1.29, 1.82) is 0 Å². The van der Waals surface area contributed by atoms with E-state index in [2.05, 4.69) is 0 Å². The van der Waals surface area contributed by atoms with E-state index in [0.29, 0.717) is 10.6 Å². The van der Waals surface area contributed by atoms with Gasteiger partial charge in [0.05, 0.1) is 5.02 Å². The molecule has 0 unspecified atom stereocenters. The summed E-state index contributed by atoms with van der Waals surface area (Å²) in [5.41, 5.74) is 1.75. The smallest absolute Gasteiger partial charge is 0.167 e. The van der Waals surface area contributed by atoms with E-state index in [4.69, 9.17) is 11.6 Å². The summed E-state index contributed by atoms with van der Waals surface area (Å²) in [6, 6.07) is 5.61. The van der Waals surface area contributed by atoms with Crippen LogP contribution in [-0.4, -0.2) is 5.78 Å². The highest BCUT2D eigenvalue weighted by Crippen LogP contribution is 2.23. The van der Waals surface area contributed by atoms with Gasteiger partial charge in [-0.25, -0.2) is 0 Å². The lowest BCUT2D eigenvalue weighted by Crippen LogP contribution is -2.13. The largest absolute Gasteiger partial charge is 0.294 e. The van der Waals surface area contributed by atoms with Gasteiger partial charge < -0.3 is 0 Å². The van der Waals surface area contributed by atoms with E-state index >= 15 is 0 Å². The number of rotatable bonds is 4. The van der Waals surface area contributed by atoms with E-state index < -0.39 is 0 Å². The fourth-order valence-electron chi connectivity index (χ4n) is 1.70. The molecule has 15 heavy (non-hydrogen) atoms.